The van der Waals surface area contributed by atoms with E-state index in [0.717, 1.165) is 50.5 Å². The summed E-state index contributed by atoms with van der Waals surface area (Å²) < 4.78 is 16.9. The van der Waals surface area contributed by atoms with Crippen LogP contribution in [0.15, 0.2) is 48.5 Å². The molecule has 0 amide bonds. The van der Waals surface area contributed by atoms with E-state index in [-0.39, 0.29) is 18.0 Å². The molecule has 2 aromatic rings. The normalized spacial score (nSPS) is 22.1. The molecule has 1 saturated heterocycles. The highest BCUT2D eigenvalue weighted by molar-refractivity contribution is 5.44. The van der Waals surface area contributed by atoms with E-state index >= 15 is 0 Å². The lowest BCUT2D eigenvalue weighted by Gasteiger charge is -2.45. The van der Waals surface area contributed by atoms with Gasteiger partial charge >= 0.3 is 0 Å². The van der Waals surface area contributed by atoms with Crippen LogP contribution in [0.2, 0.25) is 0 Å². The third-order valence-electron chi connectivity index (χ3n) is 6.04. The minimum absolute atomic E-state index is 0. The minimum atomic E-state index is -0.0373. The van der Waals surface area contributed by atoms with Crippen LogP contribution in [0.5, 0.6) is 11.5 Å². The molecule has 2 aromatic carbocycles. The average molecular weight is 418 g/mol. The number of ether oxygens (including phenoxy) is 3. The fraction of sp³-hybridized carbons (Fsp3) is 0.500. The zero-order valence-corrected chi connectivity index (χ0v) is 18.2. The first-order valence-corrected chi connectivity index (χ1v) is 10.4. The molecule has 0 aromatic heterocycles. The van der Waals surface area contributed by atoms with E-state index in [4.69, 9.17) is 14.2 Å². The van der Waals surface area contributed by atoms with E-state index in [2.05, 4.69) is 61.6 Å². The second kappa shape index (κ2) is 9.38. The Morgan fingerprint density at radius 1 is 0.966 bits per heavy atom. The minimum Gasteiger partial charge on any atom is -1.00 e. The predicted octanol–water partition coefficient (Wildman–Crippen LogP) is 0.691. The van der Waals surface area contributed by atoms with Crippen molar-refractivity contribution in [2.24, 2.45) is 5.41 Å². The summed E-state index contributed by atoms with van der Waals surface area (Å²) in [5.41, 5.74) is 3.00. The molecule has 2 heterocycles. The molecular weight excluding hydrogens is 386 g/mol. The summed E-state index contributed by atoms with van der Waals surface area (Å²) in [4.78, 5) is 0. The van der Waals surface area contributed by atoms with E-state index in [0.29, 0.717) is 12.2 Å². The number of halogens is 1. The van der Waals surface area contributed by atoms with Crippen LogP contribution in [-0.2, 0) is 17.7 Å². The van der Waals surface area contributed by atoms with Crippen molar-refractivity contribution >= 4 is 0 Å². The summed E-state index contributed by atoms with van der Waals surface area (Å²) in [6.45, 7) is 7.77. The second-order valence-electron chi connectivity index (χ2n) is 8.92. The summed E-state index contributed by atoms with van der Waals surface area (Å²) in [6, 6.07) is 17.2. The van der Waals surface area contributed by atoms with E-state index in [9.17, 15) is 0 Å². The molecule has 1 unspecified atom stereocenters. The Kier molecular flexibility index (Phi) is 7.10. The van der Waals surface area contributed by atoms with Crippen molar-refractivity contribution in [1.82, 2.24) is 0 Å². The number of benzene rings is 2. The molecule has 0 aliphatic carbocycles. The molecule has 0 spiro atoms. The van der Waals surface area contributed by atoms with Gasteiger partial charge in [-0.25, -0.2) is 0 Å². The summed E-state index contributed by atoms with van der Waals surface area (Å²) in [5.74, 6) is 1.73. The van der Waals surface area contributed by atoms with Crippen LogP contribution >= 0.6 is 0 Å². The van der Waals surface area contributed by atoms with Gasteiger partial charge in [0.05, 0.1) is 12.1 Å². The van der Waals surface area contributed by atoms with Crippen molar-refractivity contribution < 1.29 is 31.9 Å². The van der Waals surface area contributed by atoms with E-state index < -0.39 is 0 Å². The van der Waals surface area contributed by atoms with Crippen molar-refractivity contribution in [3.05, 3.63) is 59.7 Å². The standard InChI is InChI=1S/C24H31NO3.ClH/c1-23(2)17-24(11-13-28-23,15-19-6-4-3-5-7-19)10-12-25-16-20-8-9-21-22(14-20)27-18-26-21;/h3-9,14,25H,10-13,15-18H2,1-2H3;1H. The van der Waals surface area contributed by atoms with Gasteiger partial charge in [0.1, 0.15) is 6.54 Å². The average Bonchev–Trinajstić information content (AvgIpc) is 3.13. The molecule has 158 valence electrons. The number of rotatable bonds is 7. The molecule has 2 aliphatic rings. The summed E-state index contributed by atoms with van der Waals surface area (Å²) in [7, 11) is 0. The SMILES string of the molecule is CC1(C)CC(CC[NH2+]Cc2ccc3c(c2)OCO3)(Cc2ccccc2)CCO1.[Cl-]. The maximum absolute atomic E-state index is 6.04. The van der Waals surface area contributed by atoms with Crippen molar-refractivity contribution in [1.29, 1.82) is 0 Å². The lowest BCUT2D eigenvalue weighted by atomic mass is 9.68. The van der Waals surface area contributed by atoms with Gasteiger partial charge < -0.3 is 31.9 Å². The Morgan fingerprint density at radius 2 is 1.76 bits per heavy atom. The number of quaternary nitrogens is 1. The lowest BCUT2D eigenvalue weighted by Crippen LogP contribution is -3.00. The highest BCUT2D eigenvalue weighted by atomic mass is 35.5. The molecule has 2 N–H and O–H groups in total. The van der Waals surface area contributed by atoms with Crippen LogP contribution in [0.3, 0.4) is 0 Å². The first-order valence-electron chi connectivity index (χ1n) is 10.4. The summed E-state index contributed by atoms with van der Waals surface area (Å²) in [5, 5.41) is 2.42. The first-order chi connectivity index (χ1) is 13.5. The van der Waals surface area contributed by atoms with Crippen molar-refractivity contribution in [2.75, 3.05) is 19.9 Å². The molecule has 4 nitrogen and oxygen atoms in total. The van der Waals surface area contributed by atoms with Gasteiger partial charge in [-0.3, -0.25) is 0 Å². The maximum Gasteiger partial charge on any atom is 0.231 e. The fourth-order valence-electron chi connectivity index (χ4n) is 4.81. The van der Waals surface area contributed by atoms with Gasteiger partial charge in [-0.2, -0.15) is 0 Å². The third kappa shape index (κ3) is 5.65. The van der Waals surface area contributed by atoms with Gasteiger partial charge in [0.15, 0.2) is 11.5 Å². The number of nitrogens with two attached hydrogens (primary N) is 1. The van der Waals surface area contributed by atoms with Gasteiger partial charge in [-0.1, -0.05) is 30.3 Å². The zero-order chi connectivity index (χ0) is 19.5. The molecular formula is C24H32ClNO3. The Hall–Kier alpha value is -1.75. The molecule has 1 fully saturated rings. The quantitative estimate of drug-likeness (QED) is 0.674. The Balaban J connectivity index is 0.00000240. The molecule has 1 atom stereocenters. The molecule has 0 bridgehead atoms. The van der Waals surface area contributed by atoms with E-state index in [1.807, 2.05) is 6.07 Å². The summed E-state index contributed by atoms with van der Waals surface area (Å²) >= 11 is 0. The van der Waals surface area contributed by atoms with Gasteiger partial charge in [-0.15, -0.1) is 0 Å². The van der Waals surface area contributed by atoms with Gasteiger partial charge in [-0.05, 0) is 62.3 Å². The van der Waals surface area contributed by atoms with Gasteiger partial charge in [0.2, 0.25) is 6.79 Å². The van der Waals surface area contributed by atoms with E-state index in [1.165, 1.54) is 17.5 Å². The van der Waals surface area contributed by atoms with Crippen molar-refractivity contribution in [2.45, 2.75) is 51.7 Å². The summed E-state index contributed by atoms with van der Waals surface area (Å²) in [6.07, 6.45) is 4.60. The first kappa shape index (κ1) is 21.9. The highest BCUT2D eigenvalue weighted by Gasteiger charge is 2.40. The Morgan fingerprint density at radius 3 is 2.55 bits per heavy atom. The monoisotopic (exact) mass is 417 g/mol. The molecule has 4 rings (SSSR count). The second-order valence-corrected chi connectivity index (χ2v) is 8.92. The lowest BCUT2D eigenvalue weighted by molar-refractivity contribution is -0.672. The smallest absolute Gasteiger partial charge is 0.231 e. The Labute approximate surface area is 180 Å². The zero-order valence-electron chi connectivity index (χ0n) is 17.5. The third-order valence-corrected chi connectivity index (χ3v) is 6.04. The van der Waals surface area contributed by atoms with Gasteiger partial charge in [0.25, 0.3) is 0 Å². The predicted molar refractivity (Wildman–Crippen MR) is 110 cm³/mol. The number of fused-ring (bicyclic) bond motifs is 1. The van der Waals surface area contributed by atoms with Crippen LogP contribution in [0.1, 0.15) is 44.2 Å². The molecule has 0 saturated carbocycles. The van der Waals surface area contributed by atoms with Crippen LogP contribution in [0.25, 0.3) is 0 Å². The van der Waals surface area contributed by atoms with Crippen LogP contribution in [0.4, 0.5) is 0 Å². The topological polar surface area (TPSA) is 44.3 Å². The number of hydrogen-bond donors (Lipinski definition) is 1. The maximum atomic E-state index is 6.04. The van der Waals surface area contributed by atoms with Crippen LogP contribution in [-0.4, -0.2) is 25.5 Å². The molecule has 0 radical (unpaired) electrons. The van der Waals surface area contributed by atoms with Crippen LogP contribution < -0.4 is 27.2 Å². The van der Waals surface area contributed by atoms with Crippen LogP contribution in [0, 0.1) is 5.41 Å². The largest absolute Gasteiger partial charge is 1.00 e. The number of hydrogen-bond acceptors (Lipinski definition) is 3. The van der Waals surface area contributed by atoms with Crippen molar-refractivity contribution in [3.8, 4) is 11.5 Å². The molecule has 29 heavy (non-hydrogen) atoms. The molecule has 5 heteroatoms. The van der Waals surface area contributed by atoms with Gasteiger partial charge in [0, 0.05) is 18.6 Å². The van der Waals surface area contributed by atoms with Crippen molar-refractivity contribution in [3.63, 3.8) is 0 Å². The highest BCUT2D eigenvalue weighted by Crippen LogP contribution is 2.43. The molecule has 2 aliphatic heterocycles. The Bertz CT molecular complexity index is 796. The fourth-order valence-corrected chi connectivity index (χ4v) is 4.81. The van der Waals surface area contributed by atoms with E-state index in [1.54, 1.807) is 0 Å².